The van der Waals surface area contributed by atoms with E-state index in [2.05, 4.69) is 26.3 Å². The van der Waals surface area contributed by atoms with Gasteiger partial charge in [0.15, 0.2) is 5.82 Å². The van der Waals surface area contributed by atoms with E-state index < -0.39 is 0 Å². The molecule has 0 atom stereocenters. The van der Waals surface area contributed by atoms with Gasteiger partial charge in [-0.1, -0.05) is 40.2 Å². The number of rotatable bonds is 9. The monoisotopic (exact) mass is 469 g/mol. The van der Waals surface area contributed by atoms with Gasteiger partial charge in [0.05, 0.1) is 6.61 Å². The van der Waals surface area contributed by atoms with Gasteiger partial charge in [0.2, 0.25) is 0 Å². The Morgan fingerprint density at radius 1 is 1.10 bits per heavy atom. The van der Waals surface area contributed by atoms with Crippen molar-refractivity contribution in [1.29, 1.82) is 0 Å². The number of carbonyl (C=O) groups is 1. The Labute approximate surface area is 184 Å². The van der Waals surface area contributed by atoms with Gasteiger partial charge in [-0.15, -0.1) is 0 Å². The SMILES string of the molecule is COCCCOc1cc(/C=C/c2ccc(Br)cc2)cc(C(=O)Nc2ccn(C)n2)c1. The highest BCUT2D eigenvalue weighted by Crippen LogP contribution is 2.21. The number of carbonyl (C=O) groups excluding carboxylic acids is 1. The fourth-order valence-corrected chi connectivity index (χ4v) is 3.03. The Hall–Kier alpha value is -2.90. The zero-order valence-corrected chi connectivity index (χ0v) is 18.6. The van der Waals surface area contributed by atoms with Crippen molar-refractivity contribution in [3.63, 3.8) is 0 Å². The lowest BCUT2D eigenvalue weighted by Gasteiger charge is -2.10. The molecule has 0 aliphatic carbocycles. The van der Waals surface area contributed by atoms with Crippen molar-refractivity contribution in [2.45, 2.75) is 6.42 Å². The molecule has 3 aromatic rings. The summed E-state index contributed by atoms with van der Waals surface area (Å²) in [7, 11) is 3.46. The second-order valence-corrected chi connectivity index (χ2v) is 7.61. The number of benzene rings is 2. The Balaban J connectivity index is 1.81. The van der Waals surface area contributed by atoms with Crippen molar-refractivity contribution >= 4 is 39.8 Å². The van der Waals surface area contributed by atoms with Crippen LogP contribution in [0.25, 0.3) is 12.2 Å². The van der Waals surface area contributed by atoms with Gasteiger partial charge in [0, 0.05) is 49.5 Å². The minimum absolute atomic E-state index is 0.241. The van der Waals surface area contributed by atoms with Crippen LogP contribution in [0.3, 0.4) is 0 Å². The molecule has 6 nitrogen and oxygen atoms in total. The number of hydrogen-bond donors (Lipinski definition) is 1. The van der Waals surface area contributed by atoms with Gasteiger partial charge in [0.25, 0.3) is 5.91 Å². The summed E-state index contributed by atoms with van der Waals surface area (Å²) in [6, 6.07) is 15.2. The van der Waals surface area contributed by atoms with E-state index >= 15 is 0 Å². The largest absolute Gasteiger partial charge is 0.493 e. The van der Waals surface area contributed by atoms with E-state index in [4.69, 9.17) is 9.47 Å². The first-order valence-electron chi connectivity index (χ1n) is 9.55. The molecule has 0 unspecified atom stereocenters. The molecule has 1 heterocycles. The minimum atomic E-state index is -0.241. The average molecular weight is 470 g/mol. The quantitative estimate of drug-likeness (QED) is 0.352. The standard InChI is InChI=1S/C23H24BrN3O3/c1-27-11-10-22(26-27)25-23(28)19-14-18(5-4-17-6-8-20(24)9-7-17)15-21(16-19)30-13-3-12-29-2/h4-11,14-16H,3,12-13H2,1-2H3,(H,25,26,28)/b5-4+. The molecule has 0 saturated carbocycles. The number of methoxy groups -OCH3 is 1. The van der Waals surface area contributed by atoms with Crippen LogP contribution < -0.4 is 10.1 Å². The Morgan fingerprint density at radius 2 is 1.87 bits per heavy atom. The molecular weight excluding hydrogens is 446 g/mol. The number of hydrogen-bond acceptors (Lipinski definition) is 4. The van der Waals surface area contributed by atoms with Crippen LogP contribution in [0, 0.1) is 0 Å². The Morgan fingerprint density at radius 3 is 2.57 bits per heavy atom. The average Bonchev–Trinajstić information content (AvgIpc) is 3.15. The van der Waals surface area contributed by atoms with E-state index in [0.717, 1.165) is 22.0 Å². The van der Waals surface area contributed by atoms with Gasteiger partial charge in [0.1, 0.15) is 5.75 Å². The molecule has 0 fully saturated rings. The van der Waals surface area contributed by atoms with Crippen molar-refractivity contribution in [1.82, 2.24) is 9.78 Å². The smallest absolute Gasteiger partial charge is 0.257 e. The third-order valence-corrected chi connectivity index (χ3v) is 4.77. The lowest BCUT2D eigenvalue weighted by Crippen LogP contribution is -2.13. The van der Waals surface area contributed by atoms with Crippen LogP contribution in [0.4, 0.5) is 5.82 Å². The van der Waals surface area contributed by atoms with Gasteiger partial charge in [-0.3, -0.25) is 9.48 Å². The number of nitrogens with zero attached hydrogens (tertiary/aromatic N) is 2. The first-order chi connectivity index (χ1) is 14.5. The van der Waals surface area contributed by atoms with Gasteiger partial charge in [-0.2, -0.15) is 5.10 Å². The predicted octanol–water partition coefficient (Wildman–Crippen LogP) is 5.02. The molecule has 0 bridgehead atoms. The normalized spacial score (nSPS) is 11.0. The Kier molecular flexibility index (Phi) is 7.82. The highest BCUT2D eigenvalue weighted by atomic mass is 79.9. The van der Waals surface area contributed by atoms with E-state index in [1.54, 1.807) is 37.2 Å². The summed E-state index contributed by atoms with van der Waals surface area (Å²) in [5.41, 5.74) is 2.43. The van der Waals surface area contributed by atoms with Crippen LogP contribution in [0.2, 0.25) is 0 Å². The molecule has 7 heteroatoms. The lowest BCUT2D eigenvalue weighted by molar-refractivity contribution is 0.102. The maximum Gasteiger partial charge on any atom is 0.257 e. The first-order valence-corrected chi connectivity index (χ1v) is 10.3. The fourth-order valence-electron chi connectivity index (χ4n) is 2.76. The number of ether oxygens (including phenoxy) is 2. The third-order valence-electron chi connectivity index (χ3n) is 4.25. The van der Waals surface area contributed by atoms with E-state index in [1.807, 2.05) is 48.6 Å². The topological polar surface area (TPSA) is 65.4 Å². The first kappa shape index (κ1) is 21.8. The maximum absolute atomic E-state index is 12.8. The second-order valence-electron chi connectivity index (χ2n) is 6.70. The summed E-state index contributed by atoms with van der Waals surface area (Å²) < 4.78 is 13.6. The number of halogens is 1. The summed E-state index contributed by atoms with van der Waals surface area (Å²) in [4.78, 5) is 12.8. The lowest BCUT2D eigenvalue weighted by atomic mass is 10.1. The molecule has 2 aromatic carbocycles. The summed E-state index contributed by atoms with van der Waals surface area (Å²) >= 11 is 3.44. The van der Waals surface area contributed by atoms with E-state index in [0.29, 0.717) is 30.3 Å². The maximum atomic E-state index is 12.8. The molecule has 0 aliphatic rings. The van der Waals surface area contributed by atoms with Gasteiger partial charge in [-0.25, -0.2) is 0 Å². The number of anilines is 1. The summed E-state index contributed by atoms with van der Waals surface area (Å²) in [5, 5.41) is 7.01. The van der Waals surface area contributed by atoms with Crippen LogP contribution in [0.1, 0.15) is 27.9 Å². The van der Waals surface area contributed by atoms with E-state index in [1.165, 1.54) is 0 Å². The highest BCUT2D eigenvalue weighted by molar-refractivity contribution is 9.10. The zero-order valence-electron chi connectivity index (χ0n) is 17.0. The van der Waals surface area contributed by atoms with E-state index in [9.17, 15) is 4.79 Å². The highest BCUT2D eigenvalue weighted by Gasteiger charge is 2.11. The van der Waals surface area contributed by atoms with Crippen molar-refractivity contribution in [3.8, 4) is 5.75 Å². The van der Waals surface area contributed by atoms with Crippen molar-refractivity contribution in [2.75, 3.05) is 25.6 Å². The fraction of sp³-hybridized carbons (Fsp3) is 0.217. The van der Waals surface area contributed by atoms with Crippen LogP contribution in [-0.4, -0.2) is 36.0 Å². The molecule has 0 spiro atoms. The third kappa shape index (κ3) is 6.57. The van der Waals surface area contributed by atoms with Crippen LogP contribution in [-0.2, 0) is 11.8 Å². The molecule has 0 saturated heterocycles. The molecule has 0 radical (unpaired) electrons. The van der Waals surface area contributed by atoms with Crippen LogP contribution in [0.5, 0.6) is 5.75 Å². The molecule has 0 aliphatic heterocycles. The van der Waals surface area contributed by atoms with Gasteiger partial charge in [-0.05, 0) is 41.5 Å². The molecule has 1 amide bonds. The molecule has 1 N–H and O–H groups in total. The zero-order chi connectivity index (χ0) is 21.3. The van der Waals surface area contributed by atoms with Gasteiger partial charge < -0.3 is 14.8 Å². The van der Waals surface area contributed by atoms with Crippen molar-refractivity contribution in [2.24, 2.45) is 7.05 Å². The predicted molar refractivity (Wildman–Crippen MR) is 123 cm³/mol. The summed E-state index contributed by atoms with van der Waals surface area (Å²) in [6.45, 7) is 1.13. The van der Waals surface area contributed by atoms with Crippen molar-refractivity contribution < 1.29 is 14.3 Å². The number of aryl methyl sites for hydroxylation is 1. The number of aromatic nitrogens is 2. The van der Waals surface area contributed by atoms with Crippen LogP contribution >= 0.6 is 15.9 Å². The van der Waals surface area contributed by atoms with E-state index in [-0.39, 0.29) is 5.91 Å². The molecule has 1 aromatic heterocycles. The summed E-state index contributed by atoms with van der Waals surface area (Å²) in [5.74, 6) is 0.894. The molecule has 3 rings (SSSR count). The second kappa shape index (κ2) is 10.8. The molecule has 30 heavy (non-hydrogen) atoms. The summed E-state index contributed by atoms with van der Waals surface area (Å²) in [6.07, 6.45) is 6.50. The molecule has 156 valence electrons. The van der Waals surface area contributed by atoms with Crippen molar-refractivity contribution in [3.05, 3.63) is 75.9 Å². The Bertz CT molecular complexity index is 1010. The number of amides is 1. The minimum Gasteiger partial charge on any atom is -0.493 e. The molecular formula is C23H24BrN3O3. The number of nitrogens with one attached hydrogen (secondary N) is 1. The van der Waals surface area contributed by atoms with Gasteiger partial charge >= 0.3 is 0 Å². The van der Waals surface area contributed by atoms with Crippen LogP contribution in [0.15, 0.2) is 59.2 Å².